The average molecular weight is 472 g/mol. The lowest BCUT2D eigenvalue weighted by atomic mass is 9.81. The molecule has 0 fully saturated rings. The normalized spacial score (nSPS) is 23.1. The fraction of sp³-hybridized carbons (Fsp3) is 0.591. The fourth-order valence-corrected chi connectivity index (χ4v) is 4.51. The van der Waals surface area contributed by atoms with Crippen LogP contribution in [0.2, 0.25) is 0 Å². The first-order valence-corrected chi connectivity index (χ1v) is 11.1. The maximum Gasteiger partial charge on any atom is 0.417 e. The minimum Gasteiger partial charge on any atom is -0.444 e. The molecule has 0 aromatic carbocycles. The van der Waals surface area contributed by atoms with Crippen LogP contribution in [0.15, 0.2) is 24.4 Å². The highest BCUT2D eigenvalue weighted by atomic mass is 32.1. The van der Waals surface area contributed by atoms with Crippen LogP contribution in [0.4, 0.5) is 18.0 Å². The Labute approximate surface area is 191 Å². The fourth-order valence-electron chi connectivity index (χ4n) is 4.11. The smallest absolute Gasteiger partial charge is 0.417 e. The molecule has 1 N–H and O–H groups in total. The summed E-state index contributed by atoms with van der Waals surface area (Å²) < 4.78 is 44.6. The summed E-state index contributed by atoms with van der Waals surface area (Å²) in [5, 5.41) is 2.77. The van der Waals surface area contributed by atoms with Gasteiger partial charge in [-0.1, -0.05) is 12.2 Å². The van der Waals surface area contributed by atoms with Gasteiger partial charge >= 0.3 is 12.3 Å². The Morgan fingerprint density at radius 3 is 2.69 bits per heavy atom. The Bertz CT molecular complexity index is 914. The Balaban J connectivity index is 1.74. The van der Waals surface area contributed by atoms with Crippen LogP contribution in [0.3, 0.4) is 0 Å². The van der Waals surface area contributed by atoms with Crippen LogP contribution in [-0.2, 0) is 28.7 Å². The number of alkyl halides is 3. The Morgan fingerprint density at radius 1 is 1.34 bits per heavy atom. The minimum atomic E-state index is -4.49. The van der Waals surface area contributed by atoms with Crippen LogP contribution in [0, 0.1) is 5.41 Å². The molecule has 2 atom stereocenters. The molecule has 0 bridgehead atoms. The molecule has 2 unspecified atom stereocenters. The van der Waals surface area contributed by atoms with Gasteiger partial charge < -0.3 is 15.0 Å². The molecule has 2 amide bonds. The topological polar surface area (TPSA) is 71.5 Å². The predicted octanol–water partition coefficient (Wildman–Crippen LogP) is 4.14. The lowest BCUT2D eigenvalue weighted by molar-refractivity contribution is -0.140. The molecule has 6 nitrogen and oxygen atoms in total. The maximum absolute atomic E-state index is 13.5. The van der Waals surface area contributed by atoms with Crippen molar-refractivity contribution in [1.82, 2.24) is 15.2 Å². The van der Waals surface area contributed by atoms with E-state index in [9.17, 15) is 22.8 Å². The second kappa shape index (κ2) is 8.96. The van der Waals surface area contributed by atoms with E-state index in [1.807, 2.05) is 0 Å². The number of hydrogen-bond acceptors (Lipinski definition) is 5. The number of carbonyl (C=O) groups is 2. The predicted molar refractivity (Wildman–Crippen MR) is 116 cm³/mol. The van der Waals surface area contributed by atoms with Gasteiger partial charge in [0.25, 0.3) is 0 Å². The molecule has 0 saturated heterocycles. The SMILES string of the molecule is CC(C)(C)OC(=O)NC1C=CC(CCS)(C(=O)N2CCc3ncc(C(F)(F)F)cc3C2)C1. The van der Waals surface area contributed by atoms with Gasteiger partial charge in [0.05, 0.1) is 17.0 Å². The van der Waals surface area contributed by atoms with Gasteiger partial charge in [0.1, 0.15) is 5.60 Å². The highest BCUT2D eigenvalue weighted by Crippen LogP contribution is 2.39. The van der Waals surface area contributed by atoms with Crippen LogP contribution >= 0.6 is 12.6 Å². The molecule has 176 valence electrons. The molecular formula is C22H28F3N3O3S. The van der Waals surface area contributed by atoms with E-state index in [1.54, 1.807) is 37.8 Å². The van der Waals surface area contributed by atoms with Gasteiger partial charge in [-0.15, -0.1) is 0 Å². The summed E-state index contributed by atoms with van der Waals surface area (Å²) in [5.74, 6) is 0.263. The second-order valence-corrected chi connectivity index (χ2v) is 9.70. The summed E-state index contributed by atoms with van der Waals surface area (Å²) in [6, 6.07) is 0.689. The first-order valence-electron chi connectivity index (χ1n) is 10.5. The van der Waals surface area contributed by atoms with Crippen molar-refractivity contribution in [2.45, 2.75) is 64.4 Å². The first kappa shape index (κ1) is 24.4. The van der Waals surface area contributed by atoms with E-state index >= 15 is 0 Å². The van der Waals surface area contributed by atoms with E-state index in [-0.39, 0.29) is 18.5 Å². The molecule has 1 aliphatic carbocycles. The van der Waals surface area contributed by atoms with Crippen molar-refractivity contribution in [2.24, 2.45) is 5.41 Å². The van der Waals surface area contributed by atoms with Gasteiger partial charge in [-0.3, -0.25) is 9.78 Å². The molecule has 2 heterocycles. The number of carbonyl (C=O) groups excluding carboxylic acids is 2. The van der Waals surface area contributed by atoms with Gasteiger partial charge in [-0.05, 0) is 51.0 Å². The Hall–Kier alpha value is -2.23. The monoisotopic (exact) mass is 471 g/mol. The number of fused-ring (bicyclic) bond motifs is 1. The van der Waals surface area contributed by atoms with Crippen LogP contribution in [0.25, 0.3) is 0 Å². The van der Waals surface area contributed by atoms with E-state index in [2.05, 4.69) is 22.9 Å². The van der Waals surface area contributed by atoms with Gasteiger partial charge in [0, 0.05) is 31.4 Å². The number of ether oxygens (including phenoxy) is 1. The van der Waals surface area contributed by atoms with Gasteiger partial charge in [-0.25, -0.2) is 4.79 Å². The van der Waals surface area contributed by atoms with Crippen molar-refractivity contribution in [1.29, 1.82) is 0 Å². The molecule has 1 aromatic rings. The van der Waals surface area contributed by atoms with Gasteiger partial charge in [0.15, 0.2) is 0 Å². The molecule has 32 heavy (non-hydrogen) atoms. The molecule has 1 aromatic heterocycles. The third kappa shape index (κ3) is 5.57. The van der Waals surface area contributed by atoms with Crippen LogP contribution < -0.4 is 5.32 Å². The molecule has 0 radical (unpaired) electrons. The molecule has 3 rings (SSSR count). The van der Waals surface area contributed by atoms with Crippen LogP contribution in [-0.4, -0.2) is 45.8 Å². The van der Waals surface area contributed by atoms with Gasteiger partial charge in [0.2, 0.25) is 5.91 Å². The summed E-state index contributed by atoms with van der Waals surface area (Å²) in [6.07, 6.45) is 0.512. The number of aromatic nitrogens is 1. The third-order valence-corrected chi connectivity index (χ3v) is 5.80. The Kier molecular flexibility index (Phi) is 6.83. The zero-order chi connectivity index (χ0) is 23.7. The molecule has 0 saturated carbocycles. The number of alkyl carbamates (subject to hydrolysis) is 1. The summed E-state index contributed by atoms with van der Waals surface area (Å²) in [4.78, 5) is 31.2. The number of thiol groups is 1. The molecule has 10 heteroatoms. The summed E-state index contributed by atoms with van der Waals surface area (Å²) in [5.41, 5.74) is -1.36. The van der Waals surface area contributed by atoms with Crippen molar-refractivity contribution in [3.63, 3.8) is 0 Å². The van der Waals surface area contributed by atoms with Crippen molar-refractivity contribution in [3.8, 4) is 0 Å². The van der Waals surface area contributed by atoms with Crippen LogP contribution in [0.1, 0.15) is 50.4 Å². The first-order chi connectivity index (χ1) is 14.8. The maximum atomic E-state index is 13.5. The zero-order valence-electron chi connectivity index (χ0n) is 18.3. The van der Waals surface area contributed by atoms with E-state index in [0.717, 1.165) is 12.3 Å². The summed E-state index contributed by atoms with van der Waals surface area (Å²) in [6.45, 7) is 5.73. The molecule has 2 aliphatic rings. The highest BCUT2D eigenvalue weighted by Gasteiger charge is 2.44. The second-order valence-electron chi connectivity index (χ2n) is 9.25. The number of amides is 2. The largest absolute Gasteiger partial charge is 0.444 e. The van der Waals surface area contributed by atoms with Crippen LogP contribution in [0.5, 0.6) is 0 Å². The number of hydrogen-bond donors (Lipinski definition) is 2. The number of nitrogens with one attached hydrogen (secondary N) is 1. The van der Waals surface area contributed by atoms with Crippen molar-refractivity contribution >= 4 is 24.6 Å². The van der Waals surface area contributed by atoms with E-state index in [4.69, 9.17) is 4.74 Å². The quantitative estimate of drug-likeness (QED) is 0.511. The standard InChI is InChI=1S/C22H28F3N3O3S/c1-20(2,3)31-19(30)27-16-4-6-21(11-16,7-9-32)18(29)28-8-5-17-14(13-28)10-15(12-26-17)22(23,24)25/h4,6,10,12,16,32H,5,7-9,11,13H2,1-3H3,(H,27,30). The van der Waals surface area contributed by atoms with E-state index in [1.165, 1.54) is 0 Å². The number of halogens is 3. The van der Waals surface area contributed by atoms with Crippen molar-refractivity contribution in [2.75, 3.05) is 12.3 Å². The summed E-state index contributed by atoms with van der Waals surface area (Å²) >= 11 is 4.30. The number of nitrogens with zero attached hydrogens (tertiary/aromatic N) is 2. The molecule has 0 spiro atoms. The molecule has 1 aliphatic heterocycles. The van der Waals surface area contributed by atoms with E-state index in [0.29, 0.717) is 42.8 Å². The van der Waals surface area contributed by atoms with Crippen molar-refractivity contribution < 1.29 is 27.5 Å². The van der Waals surface area contributed by atoms with Gasteiger partial charge in [-0.2, -0.15) is 25.8 Å². The summed E-state index contributed by atoms with van der Waals surface area (Å²) in [7, 11) is 0. The minimum absolute atomic E-state index is 0.0669. The Morgan fingerprint density at radius 2 is 2.06 bits per heavy atom. The van der Waals surface area contributed by atoms with Crippen molar-refractivity contribution in [3.05, 3.63) is 41.2 Å². The molecular weight excluding hydrogens is 443 g/mol. The lowest BCUT2D eigenvalue weighted by Gasteiger charge is -2.36. The third-order valence-electron chi connectivity index (χ3n) is 5.57. The number of rotatable bonds is 4. The lowest BCUT2D eigenvalue weighted by Crippen LogP contribution is -2.47. The number of pyridine rings is 1. The zero-order valence-corrected chi connectivity index (χ0v) is 19.2. The highest BCUT2D eigenvalue weighted by molar-refractivity contribution is 7.80. The average Bonchev–Trinajstić information content (AvgIpc) is 3.08. The van der Waals surface area contributed by atoms with E-state index < -0.39 is 28.8 Å².